The molecule has 1 aromatic rings. The maximum Gasteiger partial charge on any atom is 0.260 e. The van der Waals surface area contributed by atoms with Crippen LogP contribution in [-0.2, 0) is 16.6 Å². The molecule has 106 valence electrons. The average Bonchev–Trinajstić information content (AvgIpc) is 2.39. The molecule has 0 aliphatic heterocycles. The highest BCUT2D eigenvalue weighted by molar-refractivity contribution is 7.89. The third-order valence-corrected chi connectivity index (χ3v) is 4.37. The van der Waals surface area contributed by atoms with Crippen molar-refractivity contribution in [2.45, 2.75) is 24.9 Å². The van der Waals surface area contributed by atoms with E-state index in [2.05, 4.69) is 16.9 Å². The van der Waals surface area contributed by atoms with Crippen molar-refractivity contribution < 1.29 is 8.42 Å². The number of pyridine rings is 1. The Morgan fingerprint density at radius 1 is 1.47 bits per heavy atom. The number of hydrogen-bond acceptors (Lipinski definition) is 4. The molecule has 1 heterocycles. The maximum absolute atomic E-state index is 12.4. The Bertz CT molecular complexity index is 497. The van der Waals surface area contributed by atoms with Crippen LogP contribution in [0.2, 0.25) is 0 Å². The van der Waals surface area contributed by atoms with Gasteiger partial charge >= 0.3 is 0 Å². The number of nitrogens with one attached hydrogen (secondary N) is 1. The van der Waals surface area contributed by atoms with Gasteiger partial charge in [-0.2, -0.15) is 4.31 Å². The minimum absolute atomic E-state index is 0.0858. The summed E-state index contributed by atoms with van der Waals surface area (Å²) >= 11 is 0. The third-order valence-electron chi connectivity index (χ3n) is 2.59. The molecular weight excluding hydrogens is 262 g/mol. The molecule has 0 saturated heterocycles. The summed E-state index contributed by atoms with van der Waals surface area (Å²) in [6.45, 7) is 6.97. The van der Waals surface area contributed by atoms with Gasteiger partial charge in [-0.15, -0.1) is 6.58 Å². The Kier molecular flexibility index (Phi) is 6.14. The Balaban J connectivity index is 3.00. The van der Waals surface area contributed by atoms with Crippen molar-refractivity contribution in [3.8, 4) is 0 Å². The zero-order valence-electron chi connectivity index (χ0n) is 11.5. The van der Waals surface area contributed by atoms with E-state index >= 15 is 0 Å². The molecular formula is C13H21N3O2S. The lowest BCUT2D eigenvalue weighted by Gasteiger charge is -2.19. The van der Waals surface area contributed by atoms with Crippen molar-refractivity contribution >= 4 is 10.0 Å². The molecule has 19 heavy (non-hydrogen) atoms. The molecule has 0 radical (unpaired) electrons. The van der Waals surface area contributed by atoms with Crippen molar-refractivity contribution in [1.29, 1.82) is 0 Å². The van der Waals surface area contributed by atoms with Gasteiger partial charge in [-0.05, 0) is 25.1 Å². The van der Waals surface area contributed by atoms with Gasteiger partial charge in [-0.1, -0.05) is 19.1 Å². The Morgan fingerprint density at radius 2 is 2.21 bits per heavy atom. The molecule has 0 aromatic carbocycles. The van der Waals surface area contributed by atoms with Crippen LogP contribution in [0.4, 0.5) is 0 Å². The first-order chi connectivity index (χ1) is 9.06. The van der Waals surface area contributed by atoms with Crippen molar-refractivity contribution in [1.82, 2.24) is 14.6 Å². The molecule has 1 rings (SSSR count). The van der Waals surface area contributed by atoms with Gasteiger partial charge in [0, 0.05) is 25.8 Å². The summed E-state index contributed by atoms with van der Waals surface area (Å²) in [4.78, 5) is 4.05. The quantitative estimate of drug-likeness (QED) is 0.732. The van der Waals surface area contributed by atoms with Gasteiger partial charge in [0.15, 0.2) is 5.03 Å². The first kappa shape index (κ1) is 15.8. The Labute approximate surface area is 115 Å². The second-order valence-corrected chi connectivity index (χ2v) is 6.07. The molecule has 0 spiro atoms. The standard InChI is InChI=1S/C13H21N3O2S/c1-4-8-16(9-5-2)19(17,18)13-7-6-12(10-14-3)11-15-13/h4,6-7,11,14H,1,5,8-10H2,2-3H3. The van der Waals surface area contributed by atoms with Crippen molar-refractivity contribution in [3.63, 3.8) is 0 Å². The molecule has 0 aliphatic carbocycles. The molecule has 0 amide bonds. The van der Waals surface area contributed by atoms with Crippen LogP contribution < -0.4 is 5.32 Å². The van der Waals surface area contributed by atoms with Gasteiger partial charge in [0.2, 0.25) is 0 Å². The SMILES string of the molecule is C=CCN(CCC)S(=O)(=O)c1ccc(CNC)cn1. The van der Waals surface area contributed by atoms with E-state index in [4.69, 9.17) is 0 Å². The predicted molar refractivity (Wildman–Crippen MR) is 76.2 cm³/mol. The van der Waals surface area contributed by atoms with Crippen LogP contribution in [0.3, 0.4) is 0 Å². The molecule has 0 fully saturated rings. The van der Waals surface area contributed by atoms with E-state index in [1.165, 1.54) is 4.31 Å². The minimum atomic E-state index is -3.53. The second-order valence-electron chi connectivity index (χ2n) is 4.19. The average molecular weight is 283 g/mol. The molecule has 0 unspecified atom stereocenters. The van der Waals surface area contributed by atoms with E-state index in [1.807, 2.05) is 14.0 Å². The number of aromatic nitrogens is 1. The van der Waals surface area contributed by atoms with Crippen LogP contribution >= 0.6 is 0 Å². The first-order valence-corrected chi connectivity index (χ1v) is 7.70. The smallest absolute Gasteiger partial charge is 0.260 e. The van der Waals surface area contributed by atoms with E-state index in [-0.39, 0.29) is 5.03 Å². The summed E-state index contributed by atoms with van der Waals surface area (Å²) in [5.74, 6) is 0. The van der Waals surface area contributed by atoms with Gasteiger partial charge in [-0.25, -0.2) is 13.4 Å². The van der Waals surface area contributed by atoms with Gasteiger partial charge in [-0.3, -0.25) is 0 Å². The molecule has 6 heteroatoms. The van der Waals surface area contributed by atoms with Crippen LogP contribution in [0, 0.1) is 0 Å². The molecule has 0 bridgehead atoms. The minimum Gasteiger partial charge on any atom is -0.316 e. The maximum atomic E-state index is 12.4. The van der Waals surface area contributed by atoms with E-state index in [9.17, 15) is 8.42 Å². The van der Waals surface area contributed by atoms with Gasteiger partial charge < -0.3 is 5.32 Å². The van der Waals surface area contributed by atoms with E-state index in [1.54, 1.807) is 24.4 Å². The van der Waals surface area contributed by atoms with Gasteiger partial charge in [0.1, 0.15) is 0 Å². The van der Waals surface area contributed by atoms with Crippen LogP contribution in [0.25, 0.3) is 0 Å². The lowest BCUT2D eigenvalue weighted by atomic mass is 10.3. The summed E-state index contributed by atoms with van der Waals surface area (Å²) in [6, 6.07) is 3.32. The van der Waals surface area contributed by atoms with Crippen molar-refractivity contribution in [2.24, 2.45) is 0 Å². The highest BCUT2D eigenvalue weighted by atomic mass is 32.2. The normalized spacial score (nSPS) is 11.7. The van der Waals surface area contributed by atoms with Crippen LogP contribution in [-0.4, -0.2) is 37.8 Å². The summed E-state index contributed by atoms with van der Waals surface area (Å²) in [5.41, 5.74) is 0.951. The van der Waals surface area contributed by atoms with Crippen molar-refractivity contribution in [2.75, 3.05) is 20.1 Å². The van der Waals surface area contributed by atoms with Crippen LogP contribution in [0.5, 0.6) is 0 Å². The summed E-state index contributed by atoms with van der Waals surface area (Å²) in [5, 5.41) is 3.08. The fourth-order valence-corrected chi connectivity index (χ4v) is 3.12. The van der Waals surface area contributed by atoms with Gasteiger partial charge in [0.25, 0.3) is 10.0 Å². The predicted octanol–water partition coefficient (Wildman–Crippen LogP) is 1.39. The molecule has 5 nitrogen and oxygen atoms in total. The molecule has 1 aromatic heterocycles. The second kappa shape index (κ2) is 7.37. The fraction of sp³-hybridized carbons (Fsp3) is 0.462. The zero-order chi connectivity index (χ0) is 14.3. The van der Waals surface area contributed by atoms with Gasteiger partial charge in [0.05, 0.1) is 0 Å². The van der Waals surface area contributed by atoms with Crippen molar-refractivity contribution in [3.05, 3.63) is 36.5 Å². The largest absolute Gasteiger partial charge is 0.316 e. The van der Waals surface area contributed by atoms with Crippen LogP contribution in [0.15, 0.2) is 36.0 Å². The highest BCUT2D eigenvalue weighted by Crippen LogP contribution is 2.14. The first-order valence-electron chi connectivity index (χ1n) is 6.26. The summed E-state index contributed by atoms with van der Waals surface area (Å²) in [7, 11) is -1.70. The summed E-state index contributed by atoms with van der Waals surface area (Å²) in [6.07, 6.45) is 3.93. The zero-order valence-corrected chi connectivity index (χ0v) is 12.3. The van der Waals surface area contributed by atoms with Crippen LogP contribution in [0.1, 0.15) is 18.9 Å². The lowest BCUT2D eigenvalue weighted by molar-refractivity contribution is 0.439. The monoisotopic (exact) mass is 283 g/mol. The molecule has 0 aliphatic rings. The topological polar surface area (TPSA) is 62.3 Å². The number of sulfonamides is 1. The van der Waals surface area contributed by atoms with E-state index in [0.29, 0.717) is 19.6 Å². The highest BCUT2D eigenvalue weighted by Gasteiger charge is 2.23. The number of hydrogen-bond donors (Lipinski definition) is 1. The number of rotatable bonds is 8. The lowest BCUT2D eigenvalue weighted by Crippen LogP contribution is -2.32. The molecule has 0 atom stereocenters. The third kappa shape index (κ3) is 4.12. The number of nitrogens with zero attached hydrogens (tertiary/aromatic N) is 2. The summed E-state index contributed by atoms with van der Waals surface area (Å²) < 4.78 is 26.2. The molecule has 1 N–H and O–H groups in total. The Hall–Kier alpha value is -1.24. The molecule has 0 saturated carbocycles. The Morgan fingerprint density at radius 3 is 2.68 bits per heavy atom. The van der Waals surface area contributed by atoms with E-state index in [0.717, 1.165) is 12.0 Å². The van der Waals surface area contributed by atoms with E-state index < -0.39 is 10.0 Å². The fourth-order valence-electron chi connectivity index (χ4n) is 1.71.